The van der Waals surface area contributed by atoms with Crippen molar-refractivity contribution >= 4 is 17.8 Å². The minimum Gasteiger partial charge on any atom is -0.376 e. The van der Waals surface area contributed by atoms with Crippen LogP contribution in [0.1, 0.15) is 27.8 Å². The van der Waals surface area contributed by atoms with Crippen molar-refractivity contribution in [1.29, 1.82) is 5.26 Å². The molecule has 0 aliphatic rings. The quantitative estimate of drug-likeness (QED) is 0.656. The fourth-order valence-electron chi connectivity index (χ4n) is 2.49. The summed E-state index contributed by atoms with van der Waals surface area (Å²) in [5, 5.41) is 15.8. The highest BCUT2D eigenvalue weighted by Gasteiger charge is 2.05. The number of amides is 1. The number of carbonyl (C=O) groups is 1. The Labute approximate surface area is 142 Å². The highest BCUT2D eigenvalue weighted by atomic mass is 16.2. The molecule has 0 saturated carbocycles. The number of hydrazone groups is 1. The van der Waals surface area contributed by atoms with Crippen molar-refractivity contribution in [2.24, 2.45) is 5.10 Å². The second-order valence-corrected chi connectivity index (χ2v) is 5.65. The summed E-state index contributed by atoms with van der Waals surface area (Å²) in [6, 6.07) is 13.2. The van der Waals surface area contributed by atoms with Crippen LogP contribution < -0.4 is 10.7 Å². The lowest BCUT2D eigenvalue weighted by molar-refractivity contribution is -0.119. The molecule has 0 heterocycles. The van der Waals surface area contributed by atoms with Gasteiger partial charge in [-0.15, -0.1) is 0 Å². The van der Waals surface area contributed by atoms with Crippen LogP contribution in [0.5, 0.6) is 0 Å². The van der Waals surface area contributed by atoms with Crippen molar-refractivity contribution in [1.82, 2.24) is 5.43 Å². The van der Waals surface area contributed by atoms with Crippen molar-refractivity contribution in [2.45, 2.75) is 20.8 Å². The Morgan fingerprint density at radius 2 is 1.79 bits per heavy atom. The van der Waals surface area contributed by atoms with Crippen LogP contribution in [0.15, 0.2) is 41.5 Å². The van der Waals surface area contributed by atoms with E-state index in [1.54, 1.807) is 30.5 Å². The average Bonchev–Trinajstić information content (AvgIpc) is 2.54. The average molecular weight is 320 g/mol. The van der Waals surface area contributed by atoms with E-state index in [-0.39, 0.29) is 12.5 Å². The lowest BCUT2D eigenvalue weighted by Crippen LogP contribution is -2.26. The molecule has 5 nitrogen and oxygen atoms in total. The Balaban J connectivity index is 1.87. The molecular formula is C19H20N4O. The van der Waals surface area contributed by atoms with E-state index in [4.69, 9.17) is 5.26 Å². The number of anilines is 1. The minimum absolute atomic E-state index is 0.148. The molecule has 0 radical (unpaired) electrons. The van der Waals surface area contributed by atoms with Crippen LogP contribution in [0.2, 0.25) is 0 Å². The summed E-state index contributed by atoms with van der Waals surface area (Å²) in [6.07, 6.45) is 1.54. The number of nitrogens with one attached hydrogen (secondary N) is 2. The van der Waals surface area contributed by atoms with Gasteiger partial charge in [-0.1, -0.05) is 29.8 Å². The molecule has 0 fully saturated rings. The number of hydrogen-bond donors (Lipinski definition) is 2. The first kappa shape index (κ1) is 17.2. The lowest BCUT2D eigenvalue weighted by Gasteiger charge is -2.13. The predicted octanol–water partition coefficient (Wildman–Crippen LogP) is 3.05. The molecule has 0 saturated heterocycles. The van der Waals surface area contributed by atoms with E-state index in [1.165, 1.54) is 5.56 Å². The summed E-state index contributed by atoms with van der Waals surface area (Å²) < 4.78 is 0. The van der Waals surface area contributed by atoms with Crippen molar-refractivity contribution in [3.8, 4) is 6.07 Å². The predicted molar refractivity (Wildman–Crippen MR) is 96.0 cm³/mol. The van der Waals surface area contributed by atoms with E-state index in [2.05, 4.69) is 34.0 Å². The van der Waals surface area contributed by atoms with Crippen LogP contribution in [0.25, 0.3) is 0 Å². The van der Waals surface area contributed by atoms with Crippen molar-refractivity contribution in [3.63, 3.8) is 0 Å². The van der Waals surface area contributed by atoms with Crippen molar-refractivity contribution in [2.75, 3.05) is 11.9 Å². The summed E-state index contributed by atoms with van der Waals surface area (Å²) in [4.78, 5) is 11.9. The van der Waals surface area contributed by atoms with Gasteiger partial charge in [0.1, 0.15) is 0 Å². The first-order valence-electron chi connectivity index (χ1n) is 7.63. The molecule has 0 atom stereocenters. The molecule has 0 aromatic heterocycles. The summed E-state index contributed by atoms with van der Waals surface area (Å²) in [6.45, 7) is 6.23. The number of carbonyl (C=O) groups excluding carboxylic acids is 1. The van der Waals surface area contributed by atoms with Gasteiger partial charge >= 0.3 is 0 Å². The zero-order valence-corrected chi connectivity index (χ0v) is 14.1. The lowest BCUT2D eigenvalue weighted by atomic mass is 10.1. The van der Waals surface area contributed by atoms with Gasteiger partial charge in [0, 0.05) is 5.69 Å². The molecule has 2 aromatic carbocycles. The summed E-state index contributed by atoms with van der Waals surface area (Å²) in [5.74, 6) is -0.223. The summed E-state index contributed by atoms with van der Waals surface area (Å²) in [7, 11) is 0. The van der Waals surface area contributed by atoms with Crippen LogP contribution in [0, 0.1) is 32.1 Å². The largest absolute Gasteiger partial charge is 0.376 e. The monoisotopic (exact) mass is 320 g/mol. The zero-order valence-electron chi connectivity index (χ0n) is 14.1. The molecule has 2 N–H and O–H groups in total. The molecule has 0 spiro atoms. The zero-order chi connectivity index (χ0) is 17.5. The third-order valence-electron chi connectivity index (χ3n) is 3.55. The molecule has 0 aliphatic carbocycles. The van der Waals surface area contributed by atoms with Crippen molar-refractivity contribution < 1.29 is 4.79 Å². The highest BCUT2D eigenvalue weighted by molar-refractivity contribution is 5.84. The molecule has 2 aromatic rings. The second-order valence-electron chi connectivity index (χ2n) is 5.65. The van der Waals surface area contributed by atoms with Gasteiger partial charge in [-0.05, 0) is 49.6 Å². The topological polar surface area (TPSA) is 77.3 Å². The number of benzene rings is 2. The Bertz CT molecular complexity index is 778. The molecule has 24 heavy (non-hydrogen) atoms. The fraction of sp³-hybridized carbons (Fsp3) is 0.211. The molecule has 0 bridgehead atoms. The first-order valence-corrected chi connectivity index (χ1v) is 7.63. The molecule has 0 unspecified atom stereocenters. The third-order valence-corrected chi connectivity index (χ3v) is 3.55. The molecule has 5 heteroatoms. The standard InChI is InChI=1S/C19H20N4O/c1-13-8-14(2)19(15(3)9-13)21-12-18(24)23-22-11-17-6-4-16(10-20)5-7-17/h4-9,11,21H,12H2,1-3H3,(H,23,24)/b22-11-. The van der Waals surface area contributed by atoms with Crippen LogP contribution in [0.4, 0.5) is 5.69 Å². The summed E-state index contributed by atoms with van der Waals surface area (Å²) >= 11 is 0. The van der Waals surface area contributed by atoms with E-state index in [0.717, 1.165) is 22.4 Å². The van der Waals surface area contributed by atoms with E-state index in [9.17, 15) is 4.79 Å². The normalized spacial score (nSPS) is 10.4. The summed E-state index contributed by atoms with van der Waals surface area (Å²) in [5.41, 5.74) is 8.29. The molecule has 122 valence electrons. The Morgan fingerprint density at radius 3 is 2.38 bits per heavy atom. The number of nitrogens with zero attached hydrogens (tertiary/aromatic N) is 2. The number of hydrogen-bond acceptors (Lipinski definition) is 4. The van der Waals surface area contributed by atoms with Gasteiger partial charge in [-0.25, -0.2) is 5.43 Å². The number of nitriles is 1. The number of aryl methyl sites for hydroxylation is 3. The van der Waals surface area contributed by atoms with Gasteiger partial charge in [0.2, 0.25) is 0 Å². The van der Waals surface area contributed by atoms with Gasteiger partial charge in [-0.3, -0.25) is 4.79 Å². The van der Waals surface area contributed by atoms with Crippen LogP contribution in [0.3, 0.4) is 0 Å². The molecule has 0 aliphatic heterocycles. The maximum atomic E-state index is 11.9. The van der Waals surface area contributed by atoms with Crippen LogP contribution >= 0.6 is 0 Å². The number of rotatable bonds is 5. The fourth-order valence-corrected chi connectivity index (χ4v) is 2.49. The minimum atomic E-state index is -0.223. The maximum absolute atomic E-state index is 11.9. The van der Waals surface area contributed by atoms with E-state index >= 15 is 0 Å². The molecule has 1 amide bonds. The smallest absolute Gasteiger partial charge is 0.259 e. The van der Waals surface area contributed by atoms with Crippen LogP contribution in [-0.2, 0) is 4.79 Å². The Kier molecular flexibility index (Phi) is 5.69. The van der Waals surface area contributed by atoms with Gasteiger partial charge in [0.25, 0.3) is 5.91 Å². The van der Waals surface area contributed by atoms with Crippen LogP contribution in [-0.4, -0.2) is 18.7 Å². The molecule has 2 rings (SSSR count). The van der Waals surface area contributed by atoms with Gasteiger partial charge < -0.3 is 5.32 Å². The Hall–Kier alpha value is -3.13. The van der Waals surface area contributed by atoms with Crippen molar-refractivity contribution in [3.05, 3.63) is 64.2 Å². The first-order chi connectivity index (χ1) is 11.5. The third kappa shape index (κ3) is 4.68. The maximum Gasteiger partial charge on any atom is 0.259 e. The van der Waals surface area contributed by atoms with Gasteiger partial charge in [0.15, 0.2) is 0 Å². The van der Waals surface area contributed by atoms with E-state index in [0.29, 0.717) is 5.56 Å². The van der Waals surface area contributed by atoms with E-state index in [1.807, 2.05) is 20.8 Å². The highest BCUT2D eigenvalue weighted by Crippen LogP contribution is 2.21. The Morgan fingerprint density at radius 1 is 1.17 bits per heavy atom. The molecular weight excluding hydrogens is 300 g/mol. The second kappa shape index (κ2) is 7.93. The van der Waals surface area contributed by atoms with Gasteiger partial charge in [-0.2, -0.15) is 10.4 Å². The SMILES string of the molecule is Cc1cc(C)c(NCC(=O)N/N=C\c2ccc(C#N)cc2)c(C)c1. The van der Waals surface area contributed by atoms with E-state index < -0.39 is 0 Å². The van der Waals surface area contributed by atoms with Gasteiger partial charge in [0.05, 0.1) is 24.4 Å².